The molecule has 0 aromatic heterocycles. The number of alkyl halides is 2. The van der Waals surface area contributed by atoms with Gasteiger partial charge in [-0.05, 0) is 38.9 Å². The Morgan fingerprint density at radius 3 is 2.80 bits per heavy atom. The van der Waals surface area contributed by atoms with Gasteiger partial charge in [0.2, 0.25) is 0 Å². The van der Waals surface area contributed by atoms with Crippen molar-refractivity contribution in [3.63, 3.8) is 0 Å². The topological polar surface area (TPSA) is 12.5 Å². The summed E-state index contributed by atoms with van der Waals surface area (Å²) in [4.78, 5) is 1.80. The molecule has 2 nitrogen and oxygen atoms in total. The van der Waals surface area contributed by atoms with Crippen LogP contribution in [0.5, 0.6) is 5.75 Å². The van der Waals surface area contributed by atoms with E-state index in [1.54, 1.807) is 4.90 Å². The molecule has 1 heterocycles. The Kier molecular flexibility index (Phi) is 5.02. The van der Waals surface area contributed by atoms with Gasteiger partial charge in [-0.3, -0.25) is 4.90 Å². The number of halogens is 3. The molecule has 20 heavy (non-hydrogen) atoms. The van der Waals surface area contributed by atoms with E-state index in [9.17, 15) is 8.78 Å². The molecule has 0 atom stereocenters. The zero-order valence-corrected chi connectivity index (χ0v) is 13.4. The highest BCUT2D eigenvalue weighted by Crippen LogP contribution is 2.32. The largest absolute Gasteiger partial charge is 0.491 e. The molecule has 0 N–H and O–H groups in total. The minimum absolute atomic E-state index is 0.00515. The SMILES string of the molecule is CC(C)Oc1cccc(Br)c1CN1CCCC(F)(F)C1. The molecule has 1 aliphatic heterocycles. The highest BCUT2D eigenvalue weighted by molar-refractivity contribution is 9.10. The first-order valence-corrected chi connectivity index (χ1v) is 7.71. The first-order chi connectivity index (χ1) is 9.37. The zero-order valence-electron chi connectivity index (χ0n) is 11.8. The molecule has 1 aliphatic rings. The average molecular weight is 348 g/mol. The Balaban J connectivity index is 2.15. The number of likely N-dealkylation sites (tertiary alicyclic amines) is 1. The lowest BCUT2D eigenvalue weighted by molar-refractivity contribution is -0.0663. The third-order valence-electron chi connectivity index (χ3n) is 3.29. The lowest BCUT2D eigenvalue weighted by atomic mass is 10.1. The van der Waals surface area contributed by atoms with Crippen LogP contribution in [0, 0.1) is 0 Å². The lowest BCUT2D eigenvalue weighted by Gasteiger charge is -2.33. The van der Waals surface area contributed by atoms with Gasteiger partial charge >= 0.3 is 0 Å². The minimum atomic E-state index is -2.57. The van der Waals surface area contributed by atoms with Gasteiger partial charge in [-0.2, -0.15) is 0 Å². The lowest BCUT2D eigenvalue weighted by Crippen LogP contribution is -2.42. The van der Waals surface area contributed by atoms with Gasteiger partial charge in [0.1, 0.15) is 5.75 Å². The van der Waals surface area contributed by atoms with Crippen LogP contribution in [0.1, 0.15) is 32.3 Å². The molecule has 0 amide bonds. The van der Waals surface area contributed by atoms with E-state index in [-0.39, 0.29) is 19.1 Å². The first kappa shape index (κ1) is 15.7. The molecule has 1 fully saturated rings. The molecular formula is C15H20BrF2NO. The maximum atomic E-state index is 13.5. The van der Waals surface area contributed by atoms with Crippen molar-refractivity contribution in [2.75, 3.05) is 13.1 Å². The zero-order chi connectivity index (χ0) is 14.8. The van der Waals surface area contributed by atoms with E-state index >= 15 is 0 Å². The maximum absolute atomic E-state index is 13.5. The summed E-state index contributed by atoms with van der Waals surface area (Å²) in [7, 11) is 0. The molecule has 0 spiro atoms. The summed E-state index contributed by atoms with van der Waals surface area (Å²) >= 11 is 3.50. The summed E-state index contributed by atoms with van der Waals surface area (Å²) in [5.41, 5.74) is 0.943. The second-order valence-electron chi connectivity index (χ2n) is 5.55. The maximum Gasteiger partial charge on any atom is 0.260 e. The van der Waals surface area contributed by atoms with Gasteiger partial charge in [0.05, 0.1) is 12.6 Å². The Hall–Kier alpha value is -0.680. The van der Waals surface area contributed by atoms with E-state index in [2.05, 4.69) is 15.9 Å². The fourth-order valence-electron chi connectivity index (χ4n) is 2.46. The van der Waals surface area contributed by atoms with E-state index in [1.165, 1.54) is 0 Å². The number of hydrogen-bond acceptors (Lipinski definition) is 2. The van der Waals surface area contributed by atoms with Crippen LogP contribution in [0.4, 0.5) is 8.78 Å². The van der Waals surface area contributed by atoms with Gasteiger partial charge in [-0.25, -0.2) is 8.78 Å². The third-order valence-corrected chi connectivity index (χ3v) is 4.04. The van der Waals surface area contributed by atoms with Crippen molar-refractivity contribution in [1.29, 1.82) is 0 Å². The van der Waals surface area contributed by atoms with Crippen LogP contribution in [0.25, 0.3) is 0 Å². The molecule has 0 bridgehead atoms. The van der Waals surface area contributed by atoms with E-state index in [4.69, 9.17) is 4.74 Å². The van der Waals surface area contributed by atoms with Gasteiger partial charge in [0.25, 0.3) is 5.92 Å². The number of hydrogen-bond donors (Lipinski definition) is 0. The predicted octanol–water partition coefficient (Wildman–Crippen LogP) is 4.47. The second-order valence-corrected chi connectivity index (χ2v) is 6.41. The summed E-state index contributed by atoms with van der Waals surface area (Å²) in [6, 6.07) is 5.71. The summed E-state index contributed by atoms with van der Waals surface area (Å²) in [5.74, 6) is -1.80. The van der Waals surface area contributed by atoms with Crippen molar-refractivity contribution in [3.8, 4) is 5.75 Å². The summed E-state index contributed by atoms with van der Waals surface area (Å²) in [6.07, 6.45) is 0.595. The van der Waals surface area contributed by atoms with Crippen LogP contribution in [0.2, 0.25) is 0 Å². The van der Waals surface area contributed by atoms with E-state index < -0.39 is 5.92 Å². The number of nitrogens with zero attached hydrogens (tertiary/aromatic N) is 1. The molecule has 0 aliphatic carbocycles. The fourth-order valence-corrected chi connectivity index (χ4v) is 2.94. The van der Waals surface area contributed by atoms with Crippen LogP contribution in [0.15, 0.2) is 22.7 Å². The van der Waals surface area contributed by atoms with E-state index in [1.807, 2.05) is 32.0 Å². The fraction of sp³-hybridized carbons (Fsp3) is 0.600. The third kappa shape index (κ3) is 4.16. The molecule has 1 saturated heterocycles. The number of benzene rings is 1. The minimum Gasteiger partial charge on any atom is -0.491 e. The number of ether oxygens (including phenoxy) is 1. The summed E-state index contributed by atoms with van der Waals surface area (Å²) < 4.78 is 33.7. The Morgan fingerprint density at radius 2 is 2.15 bits per heavy atom. The van der Waals surface area contributed by atoms with Gasteiger partial charge in [0, 0.05) is 23.0 Å². The van der Waals surface area contributed by atoms with Crippen molar-refractivity contribution in [3.05, 3.63) is 28.2 Å². The Labute approximate surface area is 127 Å². The van der Waals surface area contributed by atoms with Crippen molar-refractivity contribution >= 4 is 15.9 Å². The molecule has 1 aromatic carbocycles. The van der Waals surface area contributed by atoms with Crippen molar-refractivity contribution < 1.29 is 13.5 Å². The van der Waals surface area contributed by atoms with Crippen molar-refractivity contribution in [2.24, 2.45) is 0 Å². The number of piperidine rings is 1. The smallest absolute Gasteiger partial charge is 0.260 e. The first-order valence-electron chi connectivity index (χ1n) is 6.91. The standard InChI is InChI=1S/C15H20BrF2NO/c1-11(2)20-14-6-3-5-13(16)12(14)9-19-8-4-7-15(17,18)10-19/h3,5-6,11H,4,7-10H2,1-2H3. The molecular weight excluding hydrogens is 328 g/mol. The molecule has 0 unspecified atom stereocenters. The molecule has 2 rings (SSSR count). The molecule has 0 radical (unpaired) electrons. The molecule has 112 valence electrons. The molecule has 5 heteroatoms. The van der Waals surface area contributed by atoms with Crippen LogP contribution in [-0.2, 0) is 6.54 Å². The highest BCUT2D eigenvalue weighted by Gasteiger charge is 2.35. The Morgan fingerprint density at radius 1 is 1.40 bits per heavy atom. The van der Waals surface area contributed by atoms with Crippen LogP contribution >= 0.6 is 15.9 Å². The van der Waals surface area contributed by atoms with E-state index in [0.717, 1.165) is 15.8 Å². The van der Waals surface area contributed by atoms with Gasteiger partial charge in [0.15, 0.2) is 0 Å². The second kappa shape index (κ2) is 6.39. The van der Waals surface area contributed by atoms with E-state index in [0.29, 0.717) is 19.5 Å². The van der Waals surface area contributed by atoms with Gasteiger partial charge < -0.3 is 4.74 Å². The molecule has 1 aromatic rings. The monoisotopic (exact) mass is 347 g/mol. The van der Waals surface area contributed by atoms with Gasteiger partial charge in [-0.15, -0.1) is 0 Å². The van der Waals surface area contributed by atoms with Crippen LogP contribution < -0.4 is 4.74 Å². The van der Waals surface area contributed by atoms with Crippen LogP contribution in [-0.4, -0.2) is 30.0 Å². The van der Waals surface area contributed by atoms with Crippen molar-refractivity contribution in [2.45, 2.75) is 45.3 Å². The highest BCUT2D eigenvalue weighted by atomic mass is 79.9. The molecule has 0 saturated carbocycles. The normalized spacial score (nSPS) is 19.3. The van der Waals surface area contributed by atoms with Crippen LogP contribution in [0.3, 0.4) is 0 Å². The average Bonchev–Trinajstić information content (AvgIpc) is 2.32. The van der Waals surface area contributed by atoms with Gasteiger partial charge in [-0.1, -0.05) is 22.0 Å². The Bertz CT molecular complexity index is 465. The quantitative estimate of drug-likeness (QED) is 0.796. The summed E-state index contributed by atoms with van der Waals surface area (Å²) in [6.45, 7) is 4.94. The number of rotatable bonds is 4. The van der Waals surface area contributed by atoms with Crippen molar-refractivity contribution in [1.82, 2.24) is 4.90 Å². The summed E-state index contributed by atoms with van der Waals surface area (Å²) in [5, 5.41) is 0. The predicted molar refractivity (Wildman–Crippen MR) is 79.4 cm³/mol.